The third kappa shape index (κ3) is 4.15. The van der Waals surface area contributed by atoms with Crippen LogP contribution in [0.1, 0.15) is 28.3 Å². The molecule has 10 nitrogen and oxygen atoms in total. The number of nitrogens with two attached hydrogens (primary N) is 2. The molecule has 3 aromatic rings. The lowest BCUT2D eigenvalue weighted by Gasteiger charge is -2.34. The van der Waals surface area contributed by atoms with Crippen molar-refractivity contribution >= 4 is 38.8 Å². The molecule has 0 spiro atoms. The lowest BCUT2D eigenvalue weighted by atomic mass is 9.98. The summed E-state index contributed by atoms with van der Waals surface area (Å²) < 4.78 is 5.87. The van der Waals surface area contributed by atoms with Crippen molar-refractivity contribution in [2.75, 3.05) is 36.9 Å². The molecule has 1 aliphatic heterocycles. The smallest absolute Gasteiger partial charge is 0.260 e. The number of hydrogen-bond acceptors (Lipinski definition) is 9. The van der Waals surface area contributed by atoms with Gasteiger partial charge in [0.05, 0.1) is 36.5 Å². The van der Waals surface area contributed by atoms with Gasteiger partial charge in [0.1, 0.15) is 9.71 Å². The Balaban J connectivity index is 1.41. The number of ether oxygens (including phenoxy) is 1. The second-order valence-electron chi connectivity index (χ2n) is 7.18. The molecule has 0 aliphatic carbocycles. The van der Waals surface area contributed by atoms with Crippen molar-refractivity contribution in [3.05, 3.63) is 23.0 Å². The fraction of sp³-hybridized carbons (Fsp3) is 0.500. The summed E-state index contributed by atoms with van der Waals surface area (Å²) in [7, 11) is 0. The SMILES string of the molecule is Cc1nnn(CCOC[C@H]2CCCN(c3ccnc4sc(C(N)=O)c(N)c34)C2)n1. The third-order valence-electron chi connectivity index (χ3n) is 5.03. The number of hydrogen-bond donors (Lipinski definition) is 2. The van der Waals surface area contributed by atoms with Crippen LogP contribution in [0.2, 0.25) is 0 Å². The van der Waals surface area contributed by atoms with Crippen LogP contribution in [0.5, 0.6) is 0 Å². The normalized spacial score (nSPS) is 17.1. The lowest BCUT2D eigenvalue weighted by molar-refractivity contribution is 0.0834. The Kier molecular flexibility index (Phi) is 5.58. The lowest BCUT2D eigenvalue weighted by Crippen LogP contribution is -2.37. The van der Waals surface area contributed by atoms with Crippen LogP contribution in [0.15, 0.2) is 12.3 Å². The van der Waals surface area contributed by atoms with Gasteiger partial charge in [-0.2, -0.15) is 4.80 Å². The Bertz CT molecular complexity index is 1020. The summed E-state index contributed by atoms with van der Waals surface area (Å²) in [5.74, 6) is 0.551. The zero-order chi connectivity index (χ0) is 20.4. The van der Waals surface area contributed by atoms with E-state index < -0.39 is 5.91 Å². The Morgan fingerprint density at radius 1 is 1.45 bits per heavy atom. The quantitative estimate of drug-likeness (QED) is 0.548. The van der Waals surface area contributed by atoms with E-state index in [-0.39, 0.29) is 0 Å². The first-order valence-corrected chi connectivity index (χ1v) is 10.4. The molecule has 29 heavy (non-hydrogen) atoms. The zero-order valence-corrected chi connectivity index (χ0v) is 17.1. The van der Waals surface area contributed by atoms with Crippen LogP contribution in [0.3, 0.4) is 0 Å². The summed E-state index contributed by atoms with van der Waals surface area (Å²) in [5.41, 5.74) is 13.1. The molecule has 1 aliphatic rings. The Labute approximate surface area is 171 Å². The van der Waals surface area contributed by atoms with Gasteiger partial charge >= 0.3 is 0 Å². The van der Waals surface area contributed by atoms with Crippen LogP contribution < -0.4 is 16.4 Å². The first-order chi connectivity index (χ1) is 14.0. The van der Waals surface area contributed by atoms with E-state index in [1.807, 2.05) is 13.0 Å². The highest BCUT2D eigenvalue weighted by atomic mass is 32.1. The van der Waals surface area contributed by atoms with Crippen molar-refractivity contribution in [2.45, 2.75) is 26.3 Å². The molecule has 0 bridgehead atoms. The number of fused-ring (bicyclic) bond motifs is 1. The predicted octanol–water partition coefficient (Wildman–Crippen LogP) is 1.21. The topological polar surface area (TPSA) is 138 Å². The van der Waals surface area contributed by atoms with Crippen molar-refractivity contribution in [1.82, 2.24) is 25.2 Å². The molecule has 1 saturated heterocycles. The van der Waals surface area contributed by atoms with Gasteiger partial charge in [0.15, 0.2) is 5.82 Å². The van der Waals surface area contributed by atoms with Gasteiger partial charge in [-0.3, -0.25) is 4.79 Å². The van der Waals surface area contributed by atoms with Gasteiger partial charge in [-0.15, -0.1) is 21.5 Å². The largest absolute Gasteiger partial charge is 0.397 e. The molecule has 1 atom stereocenters. The van der Waals surface area contributed by atoms with Crippen molar-refractivity contribution in [3.63, 3.8) is 0 Å². The van der Waals surface area contributed by atoms with Gasteiger partial charge in [-0.05, 0) is 37.0 Å². The van der Waals surface area contributed by atoms with Gasteiger partial charge in [0, 0.05) is 19.3 Å². The molecule has 1 fully saturated rings. The molecule has 4 N–H and O–H groups in total. The molecule has 11 heteroatoms. The van der Waals surface area contributed by atoms with E-state index in [9.17, 15) is 4.79 Å². The maximum atomic E-state index is 11.7. The summed E-state index contributed by atoms with van der Waals surface area (Å²) in [6.45, 7) is 5.41. The van der Waals surface area contributed by atoms with E-state index in [1.54, 1.807) is 11.0 Å². The third-order valence-corrected chi connectivity index (χ3v) is 6.16. The predicted molar refractivity (Wildman–Crippen MR) is 111 cm³/mol. The van der Waals surface area contributed by atoms with Crippen molar-refractivity contribution in [1.29, 1.82) is 0 Å². The fourth-order valence-corrected chi connectivity index (χ4v) is 4.65. The number of nitrogens with zero attached hydrogens (tertiary/aromatic N) is 6. The van der Waals surface area contributed by atoms with E-state index in [2.05, 4.69) is 25.3 Å². The maximum absolute atomic E-state index is 11.7. The van der Waals surface area contributed by atoms with E-state index in [1.165, 1.54) is 11.3 Å². The zero-order valence-electron chi connectivity index (χ0n) is 16.2. The van der Waals surface area contributed by atoms with Gasteiger partial charge < -0.3 is 21.1 Å². The standard InChI is InChI=1S/C18H24N8O2S/c1-11-22-24-26(23-11)7-8-28-10-12-3-2-6-25(9-12)13-4-5-21-18-14(13)15(19)16(29-18)17(20)27/h4-5,12H,2-3,6-10,19H2,1H3,(H2,20,27)/t12-/m0/s1. The monoisotopic (exact) mass is 416 g/mol. The van der Waals surface area contributed by atoms with Crippen LogP contribution in [0.25, 0.3) is 10.2 Å². The molecule has 4 heterocycles. The fourth-order valence-electron chi connectivity index (χ4n) is 3.71. The number of aryl methyl sites for hydroxylation is 1. The number of carbonyl (C=O) groups is 1. The number of primary amides is 1. The highest BCUT2D eigenvalue weighted by molar-refractivity contribution is 7.21. The number of tetrazole rings is 1. The molecule has 3 aromatic heterocycles. The van der Waals surface area contributed by atoms with Crippen LogP contribution in [0.4, 0.5) is 11.4 Å². The van der Waals surface area contributed by atoms with Crippen LogP contribution >= 0.6 is 11.3 Å². The summed E-state index contributed by atoms with van der Waals surface area (Å²) in [5, 5.41) is 12.8. The number of carbonyl (C=O) groups excluding carboxylic acids is 1. The molecule has 154 valence electrons. The number of piperidine rings is 1. The van der Waals surface area contributed by atoms with E-state index in [0.29, 0.717) is 42.1 Å². The Morgan fingerprint density at radius 3 is 3.07 bits per heavy atom. The average Bonchev–Trinajstić information content (AvgIpc) is 3.28. The van der Waals surface area contributed by atoms with Gasteiger partial charge in [0.25, 0.3) is 5.91 Å². The minimum Gasteiger partial charge on any atom is -0.397 e. The van der Waals surface area contributed by atoms with E-state index >= 15 is 0 Å². The molecule has 4 rings (SSSR count). The second-order valence-corrected chi connectivity index (χ2v) is 8.18. The van der Waals surface area contributed by atoms with Gasteiger partial charge in [-0.1, -0.05) is 0 Å². The molecule has 0 unspecified atom stereocenters. The number of anilines is 2. The molecular formula is C18H24N8O2S. The minimum atomic E-state index is -0.515. The van der Waals surface area contributed by atoms with Gasteiger partial charge in [-0.25, -0.2) is 4.98 Å². The van der Waals surface area contributed by atoms with Crippen molar-refractivity contribution in [3.8, 4) is 0 Å². The Hall–Kier alpha value is -2.79. The number of rotatable bonds is 7. The molecule has 0 aromatic carbocycles. The maximum Gasteiger partial charge on any atom is 0.260 e. The minimum absolute atomic E-state index is 0.369. The number of pyridine rings is 1. The summed E-state index contributed by atoms with van der Waals surface area (Å²) in [4.78, 5) is 21.0. The first-order valence-electron chi connectivity index (χ1n) is 9.57. The summed E-state index contributed by atoms with van der Waals surface area (Å²) in [6.07, 6.45) is 3.93. The Morgan fingerprint density at radius 2 is 2.31 bits per heavy atom. The van der Waals surface area contributed by atoms with E-state index in [0.717, 1.165) is 41.8 Å². The molecule has 0 saturated carbocycles. The highest BCUT2D eigenvalue weighted by Crippen LogP contribution is 2.39. The molecule has 0 radical (unpaired) electrons. The molecule has 1 amide bonds. The van der Waals surface area contributed by atoms with Crippen LogP contribution in [-0.2, 0) is 11.3 Å². The van der Waals surface area contributed by atoms with Crippen LogP contribution in [0, 0.1) is 12.8 Å². The van der Waals surface area contributed by atoms with Crippen molar-refractivity contribution < 1.29 is 9.53 Å². The van der Waals surface area contributed by atoms with Gasteiger partial charge in [0.2, 0.25) is 0 Å². The summed E-state index contributed by atoms with van der Waals surface area (Å²) >= 11 is 1.25. The molecular weight excluding hydrogens is 392 g/mol. The first kappa shape index (κ1) is 19.5. The number of amides is 1. The highest BCUT2D eigenvalue weighted by Gasteiger charge is 2.25. The second kappa shape index (κ2) is 8.29. The van der Waals surface area contributed by atoms with Crippen LogP contribution in [-0.4, -0.2) is 57.4 Å². The number of thiophene rings is 1. The summed E-state index contributed by atoms with van der Waals surface area (Å²) in [6, 6.07) is 1.96. The number of nitrogen functional groups attached to an aromatic ring is 1. The van der Waals surface area contributed by atoms with Crippen molar-refractivity contribution in [2.24, 2.45) is 11.7 Å². The average molecular weight is 417 g/mol. The number of aromatic nitrogens is 5. The van der Waals surface area contributed by atoms with E-state index in [4.69, 9.17) is 16.2 Å².